The molecule has 0 atom stereocenters. The van der Waals surface area contributed by atoms with Gasteiger partial charge in [-0.25, -0.2) is 4.98 Å². The summed E-state index contributed by atoms with van der Waals surface area (Å²) in [6, 6.07) is 3.88. The van der Waals surface area contributed by atoms with Crippen LogP contribution in [0.3, 0.4) is 0 Å². The van der Waals surface area contributed by atoms with E-state index in [0.29, 0.717) is 12.5 Å². The maximum atomic E-state index is 5.32. The van der Waals surface area contributed by atoms with E-state index in [-0.39, 0.29) is 24.0 Å². The summed E-state index contributed by atoms with van der Waals surface area (Å²) in [7, 11) is 0. The lowest BCUT2D eigenvalue weighted by Crippen LogP contribution is -2.38. The van der Waals surface area contributed by atoms with Gasteiger partial charge in [0.1, 0.15) is 5.76 Å². The average molecular weight is 462 g/mol. The summed E-state index contributed by atoms with van der Waals surface area (Å²) in [5.41, 5.74) is 1.15. The van der Waals surface area contributed by atoms with Crippen LogP contribution in [0.1, 0.15) is 43.2 Å². The van der Waals surface area contributed by atoms with Gasteiger partial charge in [-0.2, -0.15) is 0 Å². The van der Waals surface area contributed by atoms with E-state index < -0.39 is 0 Å². The Hall–Kier alpha value is -1.09. The number of nitrogens with zero attached hydrogens (tertiary/aromatic N) is 2. The van der Waals surface area contributed by atoms with Crippen molar-refractivity contribution in [1.29, 1.82) is 0 Å². The number of aromatic nitrogens is 1. The van der Waals surface area contributed by atoms with Crippen LogP contribution in [0.25, 0.3) is 0 Å². The minimum atomic E-state index is 0. The summed E-state index contributed by atoms with van der Waals surface area (Å²) in [6.07, 6.45) is 3.42. The maximum Gasteiger partial charge on any atom is 0.191 e. The summed E-state index contributed by atoms with van der Waals surface area (Å²) in [5.74, 6) is 2.31. The van der Waals surface area contributed by atoms with Crippen molar-refractivity contribution in [3.8, 4) is 0 Å². The first-order valence-corrected chi connectivity index (χ1v) is 9.06. The van der Waals surface area contributed by atoms with Crippen molar-refractivity contribution in [2.24, 2.45) is 4.99 Å². The number of aliphatic imine (C=N–C) groups is 1. The van der Waals surface area contributed by atoms with Crippen LogP contribution in [-0.2, 0) is 12.8 Å². The minimum absolute atomic E-state index is 0. The zero-order chi connectivity index (χ0) is 16.5. The van der Waals surface area contributed by atoms with Crippen LogP contribution in [0.15, 0.2) is 33.2 Å². The molecule has 0 saturated carbocycles. The molecule has 0 fully saturated rings. The van der Waals surface area contributed by atoms with E-state index in [0.717, 1.165) is 43.3 Å². The van der Waals surface area contributed by atoms with Crippen LogP contribution in [0.5, 0.6) is 0 Å². The lowest BCUT2D eigenvalue weighted by Gasteiger charge is -2.10. The molecular weight excluding hydrogens is 435 g/mol. The van der Waals surface area contributed by atoms with E-state index in [4.69, 9.17) is 4.42 Å². The lowest BCUT2D eigenvalue weighted by molar-refractivity contribution is 0.510. The molecule has 0 aliphatic rings. The van der Waals surface area contributed by atoms with Crippen molar-refractivity contribution in [2.75, 3.05) is 19.6 Å². The van der Waals surface area contributed by atoms with E-state index in [1.165, 1.54) is 5.01 Å². The summed E-state index contributed by atoms with van der Waals surface area (Å²) < 4.78 is 5.32. The van der Waals surface area contributed by atoms with Gasteiger partial charge in [0.05, 0.1) is 17.0 Å². The van der Waals surface area contributed by atoms with E-state index in [9.17, 15) is 0 Å². The predicted molar refractivity (Wildman–Crippen MR) is 112 cm³/mol. The average Bonchev–Trinajstić information content (AvgIpc) is 3.18. The van der Waals surface area contributed by atoms with Gasteiger partial charge in [-0.1, -0.05) is 13.8 Å². The summed E-state index contributed by atoms with van der Waals surface area (Å²) >= 11 is 1.74. The summed E-state index contributed by atoms with van der Waals surface area (Å²) in [6.45, 7) is 8.80. The fourth-order valence-electron chi connectivity index (χ4n) is 2.09. The van der Waals surface area contributed by atoms with Gasteiger partial charge in [0, 0.05) is 43.8 Å². The van der Waals surface area contributed by atoms with Crippen molar-refractivity contribution >= 4 is 41.3 Å². The smallest absolute Gasteiger partial charge is 0.191 e. The molecule has 24 heavy (non-hydrogen) atoms. The van der Waals surface area contributed by atoms with Crippen LogP contribution in [0, 0.1) is 0 Å². The van der Waals surface area contributed by atoms with Gasteiger partial charge in [-0.05, 0) is 19.1 Å². The number of furan rings is 1. The van der Waals surface area contributed by atoms with Crippen molar-refractivity contribution in [3.63, 3.8) is 0 Å². The molecule has 2 aromatic heterocycles. The van der Waals surface area contributed by atoms with Gasteiger partial charge >= 0.3 is 0 Å². The second-order valence-corrected chi connectivity index (χ2v) is 6.49. The highest BCUT2D eigenvalue weighted by atomic mass is 127. The fraction of sp³-hybridized carbons (Fsp3) is 0.529. The molecule has 0 aromatic carbocycles. The van der Waals surface area contributed by atoms with Gasteiger partial charge in [0.25, 0.3) is 0 Å². The van der Waals surface area contributed by atoms with Crippen LogP contribution in [0.4, 0.5) is 0 Å². The molecule has 0 amide bonds. The molecule has 5 nitrogen and oxygen atoms in total. The Bertz CT molecular complexity index is 596. The first-order valence-electron chi connectivity index (χ1n) is 8.18. The third-order valence-corrected chi connectivity index (χ3v) is 4.48. The Labute approximate surface area is 165 Å². The SMILES string of the molecule is CCNC(=NCCc1ccco1)NCCc1csc(C(C)C)n1.I. The van der Waals surface area contributed by atoms with E-state index in [1.807, 2.05) is 12.1 Å². The normalized spacial score (nSPS) is 11.4. The van der Waals surface area contributed by atoms with Crippen molar-refractivity contribution < 1.29 is 4.42 Å². The molecule has 0 unspecified atom stereocenters. The highest BCUT2D eigenvalue weighted by Gasteiger charge is 2.06. The Balaban J connectivity index is 0.00000288. The highest BCUT2D eigenvalue weighted by molar-refractivity contribution is 14.0. The van der Waals surface area contributed by atoms with Crippen LogP contribution >= 0.6 is 35.3 Å². The molecule has 134 valence electrons. The van der Waals surface area contributed by atoms with Gasteiger partial charge in [-0.3, -0.25) is 4.99 Å². The Morgan fingerprint density at radius 3 is 2.79 bits per heavy atom. The first kappa shape index (κ1) is 21.0. The summed E-state index contributed by atoms with van der Waals surface area (Å²) in [4.78, 5) is 9.22. The monoisotopic (exact) mass is 462 g/mol. The predicted octanol–water partition coefficient (Wildman–Crippen LogP) is 3.82. The van der Waals surface area contributed by atoms with Gasteiger partial charge in [0.15, 0.2) is 5.96 Å². The zero-order valence-electron chi connectivity index (χ0n) is 14.5. The van der Waals surface area contributed by atoms with Crippen molar-refractivity contribution in [1.82, 2.24) is 15.6 Å². The van der Waals surface area contributed by atoms with Gasteiger partial charge < -0.3 is 15.1 Å². The molecule has 2 heterocycles. The van der Waals surface area contributed by atoms with Crippen LogP contribution < -0.4 is 10.6 Å². The molecule has 7 heteroatoms. The van der Waals surface area contributed by atoms with Gasteiger partial charge in [0.2, 0.25) is 0 Å². The first-order chi connectivity index (χ1) is 11.2. The molecule has 0 spiro atoms. The van der Waals surface area contributed by atoms with Crippen molar-refractivity contribution in [3.05, 3.63) is 40.2 Å². The number of guanidine groups is 1. The molecule has 2 rings (SSSR count). The highest BCUT2D eigenvalue weighted by Crippen LogP contribution is 2.19. The lowest BCUT2D eigenvalue weighted by atomic mass is 10.2. The van der Waals surface area contributed by atoms with Crippen molar-refractivity contribution in [2.45, 2.75) is 39.5 Å². The second kappa shape index (κ2) is 11.5. The Kier molecular flexibility index (Phi) is 10.0. The number of thiazole rings is 1. The van der Waals surface area contributed by atoms with E-state index in [2.05, 4.69) is 46.8 Å². The fourth-order valence-corrected chi connectivity index (χ4v) is 2.96. The number of hydrogen-bond donors (Lipinski definition) is 2. The third kappa shape index (κ3) is 7.21. The Morgan fingerprint density at radius 2 is 2.17 bits per heavy atom. The molecule has 0 radical (unpaired) electrons. The molecular formula is C17H27IN4OS. The maximum absolute atomic E-state index is 5.32. The molecule has 0 saturated heterocycles. The van der Waals surface area contributed by atoms with E-state index in [1.54, 1.807) is 17.6 Å². The quantitative estimate of drug-likeness (QED) is 0.356. The standard InChI is InChI=1S/C17H26N4OS.HI/c1-4-18-17(20-10-8-15-6-5-11-22-15)19-9-7-14-12-23-16(21-14)13(2)3;/h5-6,11-13H,4,7-10H2,1-3H3,(H2,18,19,20);1H. The largest absolute Gasteiger partial charge is 0.469 e. The molecule has 2 N–H and O–H groups in total. The summed E-state index contributed by atoms with van der Waals surface area (Å²) in [5, 5.41) is 9.98. The molecule has 2 aromatic rings. The molecule has 0 bridgehead atoms. The number of nitrogens with one attached hydrogen (secondary N) is 2. The molecule has 0 aliphatic heterocycles. The van der Waals surface area contributed by atoms with Crippen LogP contribution in [-0.4, -0.2) is 30.6 Å². The topological polar surface area (TPSA) is 62.5 Å². The third-order valence-electron chi connectivity index (χ3n) is 3.29. The van der Waals surface area contributed by atoms with E-state index >= 15 is 0 Å². The molecule has 0 aliphatic carbocycles. The number of rotatable bonds is 8. The number of hydrogen-bond acceptors (Lipinski definition) is 4. The zero-order valence-corrected chi connectivity index (χ0v) is 17.7. The number of halogens is 1. The van der Waals surface area contributed by atoms with Crippen LogP contribution in [0.2, 0.25) is 0 Å². The Morgan fingerprint density at radius 1 is 1.33 bits per heavy atom. The van der Waals surface area contributed by atoms with Gasteiger partial charge in [-0.15, -0.1) is 35.3 Å². The second-order valence-electron chi connectivity index (χ2n) is 5.60. The minimum Gasteiger partial charge on any atom is -0.469 e.